The summed E-state index contributed by atoms with van der Waals surface area (Å²) in [4.78, 5) is 23.0. The van der Waals surface area contributed by atoms with Crippen molar-refractivity contribution in [3.05, 3.63) is 33.4 Å². The zero-order chi connectivity index (χ0) is 14.2. The van der Waals surface area contributed by atoms with Crippen LogP contribution < -0.4 is 0 Å². The Balaban J connectivity index is 2.38. The van der Waals surface area contributed by atoms with E-state index in [0.29, 0.717) is 6.68 Å². The van der Waals surface area contributed by atoms with Gasteiger partial charge in [0.25, 0.3) is 0 Å². The van der Waals surface area contributed by atoms with E-state index < -0.39 is 45.1 Å². The first kappa shape index (κ1) is 14.1. The Morgan fingerprint density at radius 3 is 2.58 bits per heavy atom. The SMILES string of the molecule is CC(=O)OI1c2ccccc2C(=O)N1CC(F)(F)F. The number of fused-ring (bicyclic) bond motifs is 1. The number of carbonyl (C=O) groups excluding carboxylic acids is 2. The van der Waals surface area contributed by atoms with Gasteiger partial charge in [-0.05, 0) is 0 Å². The number of carbonyl (C=O) groups is 2. The molecule has 1 aromatic rings. The van der Waals surface area contributed by atoms with Crippen LogP contribution in [-0.2, 0) is 7.86 Å². The number of rotatable bonds is 2. The number of halogens is 4. The van der Waals surface area contributed by atoms with Crippen molar-refractivity contribution in [1.29, 1.82) is 0 Å². The van der Waals surface area contributed by atoms with Crippen LogP contribution in [0.1, 0.15) is 17.3 Å². The fourth-order valence-electron chi connectivity index (χ4n) is 1.56. The molecule has 0 fully saturated rings. The van der Waals surface area contributed by atoms with Gasteiger partial charge in [-0.15, -0.1) is 0 Å². The predicted octanol–water partition coefficient (Wildman–Crippen LogP) is 2.77. The van der Waals surface area contributed by atoms with Crippen LogP contribution in [0.4, 0.5) is 13.2 Å². The predicted molar refractivity (Wildman–Crippen MR) is 68.0 cm³/mol. The Morgan fingerprint density at radius 2 is 2.00 bits per heavy atom. The summed E-state index contributed by atoms with van der Waals surface area (Å²) >= 11 is -3.10. The first-order chi connectivity index (χ1) is 8.79. The Hall–Kier alpha value is -1.32. The van der Waals surface area contributed by atoms with Crippen LogP contribution in [0.2, 0.25) is 0 Å². The summed E-state index contributed by atoms with van der Waals surface area (Å²) in [6, 6.07) is 6.16. The van der Waals surface area contributed by atoms with Gasteiger partial charge in [0, 0.05) is 0 Å². The maximum atomic E-state index is 12.5. The van der Waals surface area contributed by atoms with E-state index in [1.54, 1.807) is 12.1 Å². The van der Waals surface area contributed by atoms with Gasteiger partial charge in [0.05, 0.1) is 0 Å². The topological polar surface area (TPSA) is 46.6 Å². The van der Waals surface area contributed by atoms with Crippen LogP contribution in [0.5, 0.6) is 0 Å². The second-order valence-electron chi connectivity index (χ2n) is 3.72. The molecule has 0 spiro atoms. The fraction of sp³-hybridized carbons (Fsp3) is 0.273. The van der Waals surface area contributed by atoms with Crippen molar-refractivity contribution in [1.82, 2.24) is 3.11 Å². The molecule has 0 saturated carbocycles. The van der Waals surface area contributed by atoms with Crippen molar-refractivity contribution in [3.8, 4) is 0 Å². The summed E-state index contributed by atoms with van der Waals surface area (Å²) in [6.07, 6.45) is -4.52. The van der Waals surface area contributed by atoms with Crippen LogP contribution in [0, 0.1) is 3.57 Å². The fourth-order valence-corrected chi connectivity index (χ4v) is 6.02. The Morgan fingerprint density at radius 1 is 1.37 bits per heavy atom. The molecule has 0 bridgehead atoms. The molecule has 19 heavy (non-hydrogen) atoms. The molecule has 0 atom stereocenters. The van der Waals surface area contributed by atoms with Gasteiger partial charge < -0.3 is 0 Å². The summed E-state index contributed by atoms with van der Waals surface area (Å²) in [5, 5.41) is 0. The Kier molecular flexibility index (Phi) is 3.70. The van der Waals surface area contributed by atoms with Crippen molar-refractivity contribution in [2.24, 2.45) is 0 Å². The number of alkyl halides is 3. The van der Waals surface area contributed by atoms with Gasteiger partial charge in [0.2, 0.25) is 0 Å². The molecule has 104 valence electrons. The molecule has 1 aliphatic heterocycles. The molecule has 8 heteroatoms. The van der Waals surface area contributed by atoms with Gasteiger partial charge in [0.1, 0.15) is 0 Å². The summed E-state index contributed by atoms with van der Waals surface area (Å²) in [7, 11) is 0. The summed E-state index contributed by atoms with van der Waals surface area (Å²) in [6.45, 7) is -0.271. The third-order valence-electron chi connectivity index (χ3n) is 2.18. The molecule has 0 aromatic heterocycles. The Bertz CT molecular complexity index is 532. The number of amides is 1. The van der Waals surface area contributed by atoms with E-state index in [9.17, 15) is 22.8 Å². The van der Waals surface area contributed by atoms with E-state index in [1.165, 1.54) is 12.1 Å². The second-order valence-corrected chi connectivity index (χ2v) is 7.80. The number of nitrogens with zero attached hydrogens (tertiary/aromatic N) is 1. The van der Waals surface area contributed by atoms with E-state index in [4.69, 9.17) is 3.07 Å². The molecule has 2 rings (SSSR count). The molecular formula is C11H9F3INO3. The third kappa shape index (κ3) is 2.99. The van der Waals surface area contributed by atoms with E-state index >= 15 is 0 Å². The number of benzene rings is 1. The molecular weight excluding hydrogens is 378 g/mol. The second kappa shape index (κ2) is 4.99. The molecule has 0 aliphatic carbocycles. The zero-order valence-electron chi connectivity index (χ0n) is 9.70. The third-order valence-corrected chi connectivity index (χ3v) is 6.99. The van der Waals surface area contributed by atoms with Gasteiger partial charge in [0.15, 0.2) is 0 Å². The molecule has 0 saturated heterocycles. The molecule has 0 N–H and O–H groups in total. The summed E-state index contributed by atoms with van der Waals surface area (Å²) in [5.41, 5.74) is 0.193. The van der Waals surface area contributed by atoms with Crippen LogP contribution in [0.15, 0.2) is 24.3 Å². The van der Waals surface area contributed by atoms with Gasteiger partial charge in [-0.2, -0.15) is 0 Å². The standard InChI is InChI=1S/C11H9F3INO3/c1-7(17)19-15-9-5-3-2-4-8(9)10(18)16(15)6-11(12,13)14/h2-5H,6H2,1H3. The van der Waals surface area contributed by atoms with E-state index in [2.05, 4.69) is 0 Å². The van der Waals surface area contributed by atoms with Crippen LogP contribution in [0.25, 0.3) is 0 Å². The molecule has 0 unspecified atom stereocenters. The molecule has 4 nitrogen and oxygen atoms in total. The van der Waals surface area contributed by atoms with E-state index in [0.717, 1.165) is 6.92 Å². The number of hydrogen-bond donors (Lipinski definition) is 0. The van der Waals surface area contributed by atoms with Crippen LogP contribution in [-0.4, -0.2) is 27.7 Å². The first-order valence-electron chi connectivity index (χ1n) is 5.16. The van der Waals surface area contributed by atoms with E-state index in [-0.39, 0.29) is 5.56 Å². The zero-order valence-corrected chi connectivity index (χ0v) is 11.9. The minimum absolute atomic E-state index is 0.193. The maximum absolute atomic E-state index is 12.5. The number of hydrogen-bond acceptors (Lipinski definition) is 3. The van der Waals surface area contributed by atoms with Crippen molar-refractivity contribution in [2.45, 2.75) is 13.1 Å². The van der Waals surface area contributed by atoms with Crippen molar-refractivity contribution in [2.75, 3.05) is 6.54 Å². The molecule has 1 amide bonds. The van der Waals surface area contributed by atoms with Crippen LogP contribution in [0.3, 0.4) is 0 Å². The van der Waals surface area contributed by atoms with Gasteiger partial charge in [-0.1, -0.05) is 0 Å². The molecule has 1 aliphatic rings. The normalized spacial score (nSPS) is 16.5. The monoisotopic (exact) mass is 387 g/mol. The van der Waals surface area contributed by atoms with Gasteiger partial charge in [-0.25, -0.2) is 0 Å². The van der Waals surface area contributed by atoms with Gasteiger partial charge in [-0.3, -0.25) is 0 Å². The van der Waals surface area contributed by atoms with Crippen molar-refractivity contribution >= 4 is 32.4 Å². The summed E-state index contributed by atoms with van der Waals surface area (Å²) < 4.78 is 43.6. The first-order valence-corrected chi connectivity index (χ1v) is 8.09. The Labute approximate surface area is 114 Å². The minimum atomic E-state index is -4.52. The van der Waals surface area contributed by atoms with Crippen molar-refractivity contribution in [3.63, 3.8) is 0 Å². The molecule has 0 radical (unpaired) electrons. The molecule has 1 aromatic carbocycles. The van der Waals surface area contributed by atoms with E-state index in [1.807, 2.05) is 0 Å². The molecule has 1 heterocycles. The average molecular weight is 387 g/mol. The van der Waals surface area contributed by atoms with Crippen LogP contribution >= 0.6 is 20.5 Å². The summed E-state index contributed by atoms with van der Waals surface area (Å²) in [5.74, 6) is -1.40. The quantitative estimate of drug-likeness (QED) is 0.579. The van der Waals surface area contributed by atoms with Gasteiger partial charge >= 0.3 is 114 Å². The average Bonchev–Trinajstić information content (AvgIpc) is 2.53. The van der Waals surface area contributed by atoms with Crippen molar-refractivity contribution < 1.29 is 25.8 Å².